The second kappa shape index (κ2) is 21.2. The van der Waals surface area contributed by atoms with Gasteiger partial charge in [-0.15, -0.1) is 11.3 Å². The molecule has 3 atom stereocenters. The number of aliphatic hydroxyl groups excluding tert-OH is 1. The summed E-state index contributed by atoms with van der Waals surface area (Å²) < 4.78 is 17.9. The Bertz CT molecular complexity index is 2520. The van der Waals surface area contributed by atoms with E-state index in [1.165, 1.54) is 4.90 Å². The van der Waals surface area contributed by atoms with Gasteiger partial charge in [-0.3, -0.25) is 29.6 Å². The largest absolute Gasteiger partial charge is 0.494 e. The molecule has 1 aliphatic carbocycles. The van der Waals surface area contributed by atoms with Crippen LogP contribution in [0.1, 0.15) is 94.9 Å². The molecular weight excluding hydrogens is 885 g/mol. The fraction of sp³-hybridized carbons (Fsp3) is 0.471. The smallest absolute Gasteiger partial charge is 0.261 e. The molecular formula is C51H62N8O8S. The van der Waals surface area contributed by atoms with E-state index >= 15 is 0 Å². The topological polar surface area (TPSA) is 219 Å². The summed E-state index contributed by atoms with van der Waals surface area (Å²) in [6.07, 6.45) is 0.115. The molecule has 16 nitrogen and oxygen atoms in total. The Kier molecular flexibility index (Phi) is 15.9. The van der Waals surface area contributed by atoms with Crippen molar-refractivity contribution in [1.29, 1.82) is 10.5 Å². The molecule has 4 N–H and O–H groups in total. The molecule has 1 unspecified atom stereocenters. The molecule has 6 rings (SSSR count). The van der Waals surface area contributed by atoms with Gasteiger partial charge in [-0.25, -0.2) is 4.98 Å². The summed E-state index contributed by atoms with van der Waals surface area (Å²) in [6.45, 7) is 15.9. The first-order valence-electron chi connectivity index (χ1n) is 22.7. The fourth-order valence-corrected chi connectivity index (χ4v) is 10.2. The lowest BCUT2D eigenvalue weighted by Crippen LogP contribution is -2.74. The van der Waals surface area contributed by atoms with Crippen molar-refractivity contribution >= 4 is 40.7 Å². The van der Waals surface area contributed by atoms with E-state index < -0.39 is 52.2 Å². The molecule has 2 aliphatic rings. The van der Waals surface area contributed by atoms with Crippen LogP contribution in [0.4, 0.5) is 5.69 Å². The second-order valence-corrected chi connectivity index (χ2v) is 20.6. The Morgan fingerprint density at radius 2 is 1.59 bits per heavy atom. The fourth-order valence-electron chi connectivity index (χ4n) is 9.34. The predicted molar refractivity (Wildman–Crippen MR) is 257 cm³/mol. The first kappa shape index (κ1) is 50.9. The maximum absolute atomic E-state index is 14.0. The average molecular weight is 947 g/mol. The molecule has 2 fully saturated rings. The van der Waals surface area contributed by atoms with Crippen molar-refractivity contribution < 1.29 is 38.5 Å². The summed E-state index contributed by atoms with van der Waals surface area (Å²) in [5.41, 5.74) is 6.74. The normalized spacial score (nSPS) is 19.6. The Balaban J connectivity index is 0.908. The predicted octanol–water partition coefficient (Wildman–Crippen LogP) is 6.31. The van der Waals surface area contributed by atoms with Gasteiger partial charge in [-0.2, -0.15) is 10.5 Å². The summed E-state index contributed by atoms with van der Waals surface area (Å²) >= 11 is 1.55. The molecule has 1 aromatic heterocycles. The summed E-state index contributed by atoms with van der Waals surface area (Å²) in [7, 11) is 1.71. The standard InChI is InChI=1S/C51H62N8O8S/c1-31-42(68-30-54-31)32-12-17-36(18-13-32)58(9)57-45(63)40-25-37(60)28-59(40)46(64)43(49(2,3)4)55-41(61)29-65-22-10-11-23-66-38-19-14-33(15-20-38)44(62)56-47-50(5,6)48(51(47,7)8)67-39-21-16-34(26-52)35(24-39)27-53/h12-21,24,30,37,40,43,47-48,60H,10-11,22-23,25,28-29H2,1-9H3,(H,55,61)(H,56,62)(H,57,63)/t37-,40+,43?,47?,48?/m1/s1. The average Bonchev–Trinajstić information content (AvgIpc) is 3.93. The van der Waals surface area contributed by atoms with Crippen LogP contribution in [0.25, 0.3) is 10.4 Å². The van der Waals surface area contributed by atoms with Crippen LogP contribution in [-0.4, -0.2) is 102 Å². The Hall–Kier alpha value is -6.53. The van der Waals surface area contributed by atoms with Crippen molar-refractivity contribution in [1.82, 2.24) is 25.9 Å². The van der Waals surface area contributed by atoms with Gasteiger partial charge in [0.25, 0.3) is 11.8 Å². The third-order valence-electron chi connectivity index (χ3n) is 12.7. The third kappa shape index (κ3) is 11.6. The molecule has 2 heterocycles. The van der Waals surface area contributed by atoms with Crippen molar-refractivity contribution in [3.8, 4) is 34.1 Å². The van der Waals surface area contributed by atoms with Gasteiger partial charge in [0.15, 0.2) is 0 Å². The number of anilines is 1. The van der Waals surface area contributed by atoms with Gasteiger partial charge in [-0.1, -0.05) is 60.6 Å². The number of aliphatic hydroxyl groups is 1. The highest BCUT2D eigenvalue weighted by molar-refractivity contribution is 7.13. The van der Waals surface area contributed by atoms with E-state index in [-0.39, 0.29) is 55.4 Å². The molecule has 3 aromatic carbocycles. The monoisotopic (exact) mass is 946 g/mol. The van der Waals surface area contributed by atoms with Crippen LogP contribution in [0.3, 0.4) is 0 Å². The summed E-state index contributed by atoms with van der Waals surface area (Å²) in [6, 6.07) is 21.3. The summed E-state index contributed by atoms with van der Waals surface area (Å²) in [4.78, 5) is 60.9. The molecule has 1 aliphatic heterocycles. The highest BCUT2D eigenvalue weighted by Crippen LogP contribution is 2.55. The van der Waals surface area contributed by atoms with Crippen LogP contribution in [-0.2, 0) is 19.1 Å². The molecule has 4 amide bonds. The first-order chi connectivity index (χ1) is 32.1. The zero-order valence-electron chi connectivity index (χ0n) is 40.2. The molecule has 1 saturated carbocycles. The van der Waals surface area contributed by atoms with Crippen LogP contribution in [0.2, 0.25) is 0 Å². The number of amides is 4. The number of benzene rings is 3. The minimum Gasteiger partial charge on any atom is -0.494 e. The minimum absolute atomic E-state index is 0.0466. The van der Waals surface area contributed by atoms with Gasteiger partial charge >= 0.3 is 0 Å². The minimum atomic E-state index is -0.990. The Morgan fingerprint density at radius 3 is 2.21 bits per heavy atom. The summed E-state index contributed by atoms with van der Waals surface area (Å²) in [5, 5.41) is 36.9. The number of rotatable bonds is 18. The number of thiazole rings is 1. The molecule has 17 heteroatoms. The zero-order chi connectivity index (χ0) is 49.6. The van der Waals surface area contributed by atoms with Gasteiger partial charge in [0.1, 0.15) is 48.4 Å². The maximum Gasteiger partial charge on any atom is 0.261 e. The van der Waals surface area contributed by atoms with Crippen molar-refractivity contribution in [2.45, 2.75) is 105 Å². The number of nitrogens with zero attached hydrogens (tertiary/aromatic N) is 5. The van der Waals surface area contributed by atoms with E-state index in [2.05, 4.69) is 21.0 Å². The number of hydrogen-bond donors (Lipinski definition) is 4. The zero-order valence-corrected chi connectivity index (χ0v) is 41.0. The molecule has 4 aromatic rings. The number of aryl methyl sites for hydroxylation is 1. The molecule has 1 saturated heterocycles. The van der Waals surface area contributed by atoms with E-state index in [1.54, 1.807) is 71.4 Å². The number of nitrogens with one attached hydrogen (secondary N) is 3. The number of nitriles is 2. The highest BCUT2D eigenvalue weighted by Gasteiger charge is 2.64. The van der Waals surface area contributed by atoms with Crippen LogP contribution >= 0.6 is 11.3 Å². The number of aromatic nitrogens is 1. The van der Waals surface area contributed by atoms with Gasteiger partial charge in [0.05, 0.1) is 45.6 Å². The number of carbonyl (C=O) groups excluding carboxylic acids is 4. The lowest BCUT2D eigenvalue weighted by atomic mass is 9.49. The van der Waals surface area contributed by atoms with Crippen LogP contribution < -0.4 is 30.5 Å². The van der Waals surface area contributed by atoms with Crippen molar-refractivity contribution in [2.75, 3.05) is 38.4 Å². The van der Waals surface area contributed by atoms with Gasteiger partial charge < -0.3 is 34.9 Å². The van der Waals surface area contributed by atoms with Crippen LogP contribution in [0, 0.1) is 45.8 Å². The van der Waals surface area contributed by atoms with Gasteiger partial charge in [0.2, 0.25) is 11.8 Å². The molecule has 360 valence electrons. The SMILES string of the molecule is Cc1ncsc1-c1ccc(N(C)NC(=O)[C@@H]2C[C@@H](O)CN2C(=O)C(NC(=O)COCCCCOc2ccc(C(=O)NC3C(C)(C)C(Oc4ccc(C#N)c(C#N)c4)C3(C)C)cc2)C(C)(C)C)cc1. The Morgan fingerprint density at radius 1 is 0.941 bits per heavy atom. The van der Waals surface area contributed by atoms with Crippen LogP contribution in [0.5, 0.6) is 11.5 Å². The van der Waals surface area contributed by atoms with E-state index in [0.29, 0.717) is 36.5 Å². The maximum atomic E-state index is 14.0. The Labute approximate surface area is 402 Å². The quantitative estimate of drug-likeness (QED) is 0.0637. The van der Waals surface area contributed by atoms with Gasteiger partial charge in [-0.05, 0) is 85.3 Å². The van der Waals surface area contributed by atoms with E-state index in [4.69, 9.17) is 14.2 Å². The van der Waals surface area contributed by atoms with Gasteiger partial charge in [0, 0.05) is 49.1 Å². The van der Waals surface area contributed by atoms with E-state index in [9.17, 15) is 34.8 Å². The molecule has 0 radical (unpaired) electrons. The number of unbranched alkanes of at least 4 members (excludes halogenated alkanes) is 1. The van der Waals surface area contributed by atoms with Crippen molar-refractivity contribution in [2.24, 2.45) is 16.2 Å². The molecule has 0 bridgehead atoms. The summed E-state index contributed by atoms with van der Waals surface area (Å²) in [5.74, 6) is -0.534. The number of ether oxygens (including phenoxy) is 3. The number of likely N-dealkylation sites (tertiary alicyclic amines) is 1. The number of β-amino-alcohol motifs (C(OH)–C–C–N with tert-alkyl or cyclic N) is 1. The van der Waals surface area contributed by atoms with E-state index in [1.807, 2.05) is 91.8 Å². The number of hydrogen-bond acceptors (Lipinski definition) is 13. The third-order valence-corrected chi connectivity index (χ3v) is 13.7. The van der Waals surface area contributed by atoms with Crippen LogP contribution in [0.15, 0.2) is 72.2 Å². The van der Waals surface area contributed by atoms with Crippen molar-refractivity contribution in [3.05, 3.63) is 94.6 Å². The molecule has 0 spiro atoms. The second-order valence-electron chi connectivity index (χ2n) is 19.7. The number of carbonyl (C=O) groups is 4. The molecule has 68 heavy (non-hydrogen) atoms. The first-order valence-corrected chi connectivity index (χ1v) is 23.6. The lowest BCUT2D eigenvalue weighted by molar-refractivity contribution is -0.164. The number of hydrazine groups is 1. The van der Waals surface area contributed by atoms with Crippen molar-refractivity contribution in [3.63, 3.8) is 0 Å². The lowest BCUT2D eigenvalue weighted by Gasteiger charge is -2.63. The highest BCUT2D eigenvalue weighted by atomic mass is 32.1. The van der Waals surface area contributed by atoms with E-state index in [0.717, 1.165) is 21.8 Å².